The summed E-state index contributed by atoms with van der Waals surface area (Å²) >= 11 is 17.5. The van der Waals surface area contributed by atoms with Gasteiger partial charge in [-0.1, -0.05) is 34.8 Å². The van der Waals surface area contributed by atoms with Crippen molar-refractivity contribution < 1.29 is 43.3 Å². The summed E-state index contributed by atoms with van der Waals surface area (Å²) in [4.78, 5) is 76.1. The largest absolute Gasteiger partial charge is 0.478 e. The van der Waals surface area contributed by atoms with Gasteiger partial charge in [-0.15, -0.1) is 0 Å². The SMILES string of the molecule is O=C(NNC(=O)[C@@H](OC(=O)c1ccc(Cl)cc1)[C@H](OC(=O)c1ccc(Cl)cc1)C(=O)O)c1ccc(NC(=O)c2ccc(Cl)cc2)cc1. The molecule has 0 fully saturated rings. The number of esters is 2. The van der Waals surface area contributed by atoms with Crippen LogP contribution in [0.2, 0.25) is 15.1 Å². The highest BCUT2D eigenvalue weighted by Crippen LogP contribution is 2.17. The zero-order valence-electron chi connectivity index (χ0n) is 23.7. The second-order valence-corrected chi connectivity index (χ2v) is 10.8. The minimum Gasteiger partial charge on any atom is -0.478 e. The van der Waals surface area contributed by atoms with Gasteiger partial charge in [-0.25, -0.2) is 14.4 Å². The third-order valence-electron chi connectivity index (χ3n) is 6.22. The second kappa shape index (κ2) is 15.7. The van der Waals surface area contributed by atoms with E-state index in [2.05, 4.69) is 10.7 Å². The van der Waals surface area contributed by atoms with E-state index in [4.69, 9.17) is 44.3 Å². The highest BCUT2D eigenvalue weighted by molar-refractivity contribution is 6.31. The van der Waals surface area contributed by atoms with Crippen LogP contribution in [0.4, 0.5) is 5.69 Å². The summed E-state index contributed by atoms with van der Waals surface area (Å²) in [6, 6.07) is 22.2. The highest BCUT2D eigenvalue weighted by atomic mass is 35.5. The molecule has 0 unspecified atom stereocenters. The first-order chi connectivity index (χ1) is 22.4. The molecule has 3 amide bonds. The molecule has 240 valence electrons. The van der Waals surface area contributed by atoms with E-state index < -0.39 is 47.8 Å². The van der Waals surface area contributed by atoms with Crippen molar-refractivity contribution in [3.8, 4) is 0 Å². The van der Waals surface area contributed by atoms with Gasteiger partial charge in [0.2, 0.25) is 12.2 Å². The number of halogens is 3. The van der Waals surface area contributed by atoms with Crippen molar-refractivity contribution in [2.75, 3.05) is 5.32 Å². The van der Waals surface area contributed by atoms with Crippen LogP contribution in [-0.4, -0.2) is 52.9 Å². The quantitative estimate of drug-likeness (QED) is 0.128. The molecule has 0 aromatic heterocycles. The van der Waals surface area contributed by atoms with Crippen molar-refractivity contribution in [3.63, 3.8) is 0 Å². The van der Waals surface area contributed by atoms with E-state index in [9.17, 15) is 33.9 Å². The molecule has 4 rings (SSSR count). The molecule has 4 N–H and O–H groups in total. The standard InChI is InChI=1S/C32H22Cl3N3O9/c33-21-9-1-17(2-10-21)27(39)36-24-15-7-18(8-16-24)28(40)37-38-29(41)25(46-31(44)19-3-11-22(34)12-4-19)26(30(42)43)47-32(45)20-5-13-23(35)14-6-20/h1-16,25-26H,(H,36,39)(H,37,40)(H,38,41)(H,42,43)/t25-,26-/m0/s1. The summed E-state index contributed by atoms with van der Waals surface area (Å²) in [7, 11) is 0. The Kier molecular flexibility index (Phi) is 11.5. The summed E-state index contributed by atoms with van der Waals surface area (Å²) in [5.74, 6) is -6.78. The van der Waals surface area contributed by atoms with Crippen molar-refractivity contribution in [2.24, 2.45) is 0 Å². The summed E-state index contributed by atoms with van der Waals surface area (Å²) in [6.07, 6.45) is -4.63. The molecule has 0 bridgehead atoms. The number of aliphatic carboxylic acids is 1. The molecule has 0 radical (unpaired) electrons. The lowest BCUT2D eigenvalue weighted by atomic mass is 10.1. The molecule has 0 spiro atoms. The predicted molar refractivity (Wildman–Crippen MR) is 170 cm³/mol. The molecule has 4 aromatic carbocycles. The van der Waals surface area contributed by atoms with Gasteiger partial charge in [0.1, 0.15) is 0 Å². The molecule has 15 heteroatoms. The molecule has 0 aliphatic heterocycles. The number of amides is 3. The normalized spacial score (nSPS) is 11.7. The summed E-state index contributed by atoms with van der Waals surface area (Å²) < 4.78 is 10.2. The Balaban J connectivity index is 1.47. The van der Waals surface area contributed by atoms with Crippen molar-refractivity contribution in [1.29, 1.82) is 0 Å². The van der Waals surface area contributed by atoms with Gasteiger partial charge >= 0.3 is 17.9 Å². The molecular formula is C32H22Cl3N3O9. The highest BCUT2D eigenvalue weighted by Gasteiger charge is 2.41. The number of carboxylic acid groups (broad SMARTS) is 1. The Labute approximate surface area is 281 Å². The lowest BCUT2D eigenvalue weighted by Crippen LogP contribution is -2.54. The average Bonchev–Trinajstić information content (AvgIpc) is 3.06. The fourth-order valence-corrected chi connectivity index (χ4v) is 4.18. The number of anilines is 1. The van der Waals surface area contributed by atoms with Crippen LogP contribution in [0.1, 0.15) is 41.4 Å². The number of nitrogens with one attached hydrogen (secondary N) is 3. The van der Waals surface area contributed by atoms with Crippen LogP contribution in [0, 0.1) is 0 Å². The maximum atomic E-state index is 13.2. The number of carbonyl (C=O) groups excluding carboxylic acids is 5. The van der Waals surface area contributed by atoms with E-state index in [1.165, 1.54) is 84.9 Å². The summed E-state index contributed by atoms with van der Waals surface area (Å²) in [5.41, 5.74) is 4.58. The van der Waals surface area contributed by atoms with Crippen LogP contribution in [0.5, 0.6) is 0 Å². The van der Waals surface area contributed by atoms with Gasteiger partial charge in [-0.2, -0.15) is 0 Å². The number of rotatable bonds is 10. The Morgan fingerprint density at radius 2 is 0.894 bits per heavy atom. The van der Waals surface area contributed by atoms with Crippen molar-refractivity contribution in [2.45, 2.75) is 12.2 Å². The maximum Gasteiger partial charge on any atom is 0.349 e. The van der Waals surface area contributed by atoms with Crippen LogP contribution in [0.3, 0.4) is 0 Å². The molecule has 0 aliphatic rings. The van der Waals surface area contributed by atoms with E-state index in [0.717, 1.165) is 0 Å². The van der Waals surface area contributed by atoms with Gasteiger partial charge in [-0.3, -0.25) is 25.2 Å². The summed E-state index contributed by atoms with van der Waals surface area (Å²) in [5, 5.41) is 13.6. The lowest BCUT2D eigenvalue weighted by Gasteiger charge is -2.23. The number of hydrogen-bond donors (Lipinski definition) is 4. The molecule has 0 saturated carbocycles. The Hall–Kier alpha value is -5.43. The lowest BCUT2D eigenvalue weighted by molar-refractivity contribution is -0.159. The van der Waals surface area contributed by atoms with E-state index in [-0.39, 0.29) is 21.7 Å². The molecule has 0 heterocycles. The molecular weight excluding hydrogens is 677 g/mol. The van der Waals surface area contributed by atoms with E-state index >= 15 is 0 Å². The molecule has 4 aromatic rings. The summed E-state index contributed by atoms with van der Waals surface area (Å²) in [6.45, 7) is 0. The van der Waals surface area contributed by atoms with Gasteiger partial charge in [0.15, 0.2) is 0 Å². The monoisotopic (exact) mass is 697 g/mol. The minimum atomic E-state index is -2.35. The molecule has 47 heavy (non-hydrogen) atoms. The molecule has 0 aliphatic carbocycles. The smallest absolute Gasteiger partial charge is 0.349 e. The third-order valence-corrected chi connectivity index (χ3v) is 6.97. The zero-order valence-corrected chi connectivity index (χ0v) is 26.0. The van der Waals surface area contributed by atoms with Crippen LogP contribution in [0.25, 0.3) is 0 Å². The van der Waals surface area contributed by atoms with Gasteiger partial charge < -0.3 is 19.9 Å². The van der Waals surface area contributed by atoms with Gasteiger partial charge in [0.05, 0.1) is 11.1 Å². The van der Waals surface area contributed by atoms with Crippen molar-refractivity contribution >= 4 is 76.1 Å². The Bertz CT molecular complexity index is 1800. The number of hydrazine groups is 1. The van der Waals surface area contributed by atoms with Crippen molar-refractivity contribution in [3.05, 3.63) is 134 Å². The van der Waals surface area contributed by atoms with Gasteiger partial charge in [0.25, 0.3) is 17.7 Å². The van der Waals surface area contributed by atoms with Crippen LogP contribution in [-0.2, 0) is 19.1 Å². The number of carboxylic acids is 1. The fourth-order valence-electron chi connectivity index (χ4n) is 3.80. The molecule has 2 atom stereocenters. The Morgan fingerprint density at radius 3 is 1.34 bits per heavy atom. The maximum absolute atomic E-state index is 13.2. The first-order valence-corrected chi connectivity index (χ1v) is 14.5. The number of carbonyl (C=O) groups is 6. The van der Waals surface area contributed by atoms with Gasteiger partial charge in [-0.05, 0) is 97.1 Å². The number of ether oxygens (including phenoxy) is 2. The van der Waals surface area contributed by atoms with E-state index in [1.54, 1.807) is 12.1 Å². The van der Waals surface area contributed by atoms with Crippen molar-refractivity contribution in [1.82, 2.24) is 10.9 Å². The third kappa shape index (κ3) is 9.53. The molecule has 12 nitrogen and oxygen atoms in total. The minimum absolute atomic E-state index is 0.0217. The molecule has 0 saturated heterocycles. The zero-order chi connectivity index (χ0) is 34.1. The van der Waals surface area contributed by atoms with Crippen LogP contribution in [0.15, 0.2) is 97.1 Å². The van der Waals surface area contributed by atoms with Gasteiger partial charge in [0, 0.05) is 31.9 Å². The van der Waals surface area contributed by atoms with Crippen LogP contribution >= 0.6 is 34.8 Å². The second-order valence-electron chi connectivity index (χ2n) is 9.49. The first kappa shape index (κ1) is 34.4. The topological polar surface area (TPSA) is 177 Å². The average molecular weight is 699 g/mol. The van der Waals surface area contributed by atoms with E-state index in [0.29, 0.717) is 21.3 Å². The van der Waals surface area contributed by atoms with Crippen LogP contribution < -0.4 is 16.2 Å². The van der Waals surface area contributed by atoms with E-state index in [1.807, 2.05) is 5.43 Å². The number of hydrogen-bond acceptors (Lipinski definition) is 8. The Morgan fingerprint density at radius 1 is 0.511 bits per heavy atom. The number of benzene rings is 4. The fraction of sp³-hybridized carbons (Fsp3) is 0.0625. The first-order valence-electron chi connectivity index (χ1n) is 13.3. The predicted octanol–water partition coefficient (Wildman–Crippen LogP) is 5.20.